The molecule has 0 spiro atoms. The van der Waals surface area contributed by atoms with Gasteiger partial charge in [0.15, 0.2) is 5.69 Å². The fraction of sp³-hybridized carbons (Fsp3) is 0.250. The molecule has 7 nitrogen and oxygen atoms in total. The summed E-state index contributed by atoms with van der Waals surface area (Å²) in [6, 6.07) is 7.72. The molecule has 10 heteroatoms. The molecule has 0 saturated carbocycles. The highest BCUT2D eigenvalue weighted by atomic mass is 19.4. The fourth-order valence-corrected chi connectivity index (χ4v) is 1.66. The monoisotopic (exact) mass is 370 g/mol. The van der Waals surface area contributed by atoms with Crippen LogP contribution in [0.5, 0.6) is 0 Å². The SMILES string of the molecule is CC(F)(F)F.O=CNCc1ccc(CNc2cnc(C(=O)O)cn2)cc1. The molecule has 1 heterocycles. The van der Waals surface area contributed by atoms with E-state index in [9.17, 15) is 22.8 Å². The summed E-state index contributed by atoms with van der Waals surface area (Å²) >= 11 is 0. The number of nitrogens with zero attached hydrogens (tertiary/aromatic N) is 2. The molecule has 0 unspecified atom stereocenters. The molecule has 2 rings (SSSR count). The van der Waals surface area contributed by atoms with Crippen LogP contribution in [0.15, 0.2) is 36.7 Å². The number of carboxylic acid groups (broad SMARTS) is 1. The number of hydrogen-bond donors (Lipinski definition) is 3. The van der Waals surface area contributed by atoms with Gasteiger partial charge in [0.05, 0.1) is 12.4 Å². The van der Waals surface area contributed by atoms with Gasteiger partial charge in [-0.1, -0.05) is 24.3 Å². The van der Waals surface area contributed by atoms with Crippen molar-refractivity contribution < 1.29 is 27.9 Å². The number of carbonyl (C=O) groups excluding carboxylic acids is 1. The zero-order chi connectivity index (χ0) is 19.6. The number of nitrogens with one attached hydrogen (secondary N) is 2. The Bertz CT molecular complexity index is 698. The van der Waals surface area contributed by atoms with E-state index >= 15 is 0 Å². The quantitative estimate of drug-likeness (QED) is 0.647. The third kappa shape index (κ3) is 9.21. The Balaban J connectivity index is 0.000000597. The maximum Gasteiger partial charge on any atom is 0.386 e. The zero-order valence-corrected chi connectivity index (χ0v) is 13.7. The number of hydrogen-bond acceptors (Lipinski definition) is 5. The van der Waals surface area contributed by atoms with Crippen molar-refractivity contribution in [2.45, 2.75) is 26.2 Å². The first kappa shape index (κ1) is 20.9. The average molecular weight is 370 g/mol. The Hall–Kier alpha value is -3.17. The number of carboxylic acids is 1. The topological polar surface area (TPSA) is 104 Å². The van der Waals surface area contributed by atoms with Gasteiger partial charge in [-0.2, -0.15) is 13.2 Å². The standard InChI is InChI=1S/C14H14N4O3.C2H3F3/c19-9-15-5-10-1-3-11(4-2-10)6-17-13-8-16-12(7-18-13)14(20)21;1-2(3,4)5/h1-4,7-9H,5-6H2,(H,15,19)(H,17,18)(H,20,21);1H3. The van der Waals surface area contributed by atoms with Crippen LogP contribution in [0.1, 0.15) is 28.5 Å². The number of carbonyl (C=O) groups is 2. The minimum atomic E-state index is -4.00. The maximum atomic E-state index is 10.6. The number of benzene rings is 1. The second kappa shape index (κ2) is 9.97. The molecular weight excluding hydrogens is 353 g/mol. The molecular formula is C16H17F3N4O3. The molecule has 1 amide bonds. The second-order valence-corrected chi connectivity index (χ2v) is 5.04. The van der Waals surface area contributed by atoms with Gasteiger partial charge in [-0.25, -0.2) is 14.8 Å². The van der Waals surface area contributed by atoms with Gasteiger partial charge in [-0.15, -0.1) is 0 Å². The van der Waals surface area contributed by atoms with Crippen LogP contribution in [0, 0.1) is 0 Å². The lowest BCUT2D eigenvalue weighted by molar-refractivity contribution is -0.110. The number of rotatable bonds is 7. The van der Waals surface area contributed by atoms with Crippen molar-refractivity contribution in [2.75, 3.05) is 5.32 Å². The summed E-state index contributed by atoms with van der Waals surface area (Å²) in [4.78, 5) is 28.6. The summed E-state index contributed by atoms with van der Waals surface area (Å²) < 4.78 is 31.1. The van der Waals surface area contributed by atoms with E-state index in [-0.39, 0.29) is 12.6 Å². The lowest BCUT2D eigenvalue weighted by atomic mass is 10.1. The van der Waals surface area contributed by atoms with E-state index in [0.717, 1.165) is 11.1 Å². The minimum Gasteiger partial charge on any atom is -0.476 e. The maximum absolute atomic E-state index is 10.6. The largest absolute Gasteiger partial charge is 0.476 e. The van der Waals surface area contributed by atoms with E-state index in [1.807, 2.05) is 24.3 Å². The molecule has 0 aliphatic heterocycles. The molecule has 1 aromatic heterocycles. The molecule has 140 valence electrons. The smallest absolute Gasteiger partial charge is 0.386 e. The van der Waals surface area contributed by atoms with Crippen molar-refractivity contribution in [3.63, 3.8) is 0 Å². The van der Waals surface area contributed by atoms with Gasteiger partial charge in [0.25, 0.3) is 0 Å². The Labute approximate surface area is 147 Å². The molecule has 1 aromatic carbocycles. The summed E-state index contributed by atoms with van der Waals surface area (Å²) in [6.07, 6.45) is -0.750. The van der Waals surface area contributed by atoms with Gasteiger partial charge in [0.2, 0.25) is 6.41 Å². The molecule has 0 atom stereocenters. The van der Waals surface area contributed by atoms with Crippen molar-refractivity contribution in [2.24, 2.45) is 0 Å². The van der Waals surface area contributed by atoms with Crippen LogP contribution in [0.2, 0.25) is 0 Å². The number of aromatic nitrogens is 2. The molecule has 0 aliphatic carbocycles. The first-order chi connectivity index (χ1) is 12.2. The van der Waals surface area contributed by atoms with Gasteiger partial charge in [-0.05, 0) is 11.1 Å². The number of anilines is 1. The number of aromatic carboxylic acids is 1. The summed E-state index contributed by atoms with van der Waals surface area (Å²) in [6.45, 7) is 1.23. The summed E-state index contributed by atoms with van der Waals surface area (Å²) in [5.41, 5.74) is 1.96. The van der Waals surface area contributed by atoms with Crippen LogP contribution in [0.25, 0.3) is 0 Å². The molecule has 0 radical (unpaired) electrons. The van der Waals surface area contributed by atoms with Gasteiger partial charge in [0.1, 0.15) is 5.82 Å². The van der Waals surface area contributed by atoms with Crippen LogP contribution in [0.3, 0.4) is 0 Å². The van der Waals surface area contributed by atoms with E-state index in [2.05, 4.69) is 20.6 Å². The lowest BCUT2D eigenvalue weighted by Crippen LogP contribution is -2.09. The molecule has 0 aliphatic rings. The van der Waals surface area contributed by atoms with E-state index in [1.54, 1.807) is 0 Å². The van der Waals surface area contributed by atoms with Crippen LogP contribution in [0.4, 0.5) is 19.0 Å². The third-order valence-corrected chi connectivity index (χ3v) is 2.76. The zero-order valence-electron chi connectivity index (χ0n) is 13.7. The van der Waals surface area contributed by atoms with Crippen molar-refractivity contribution in [1.29, 1.82) is 0 Å². The molecule has 26 heavy (non-hydrogen) atoms. The van der Waals surface area contributed by atoms with Crippen molar-refractivity contribution in [3.05, 3.63) is 53.5 Å². The molecule has 0 fully saturated rings. The normalized spacial score (nSPS) is 10.3. The average Bonchev–Trinajstić information content (AvgIpc) is 2.58. The highest BCUT2D eigenvalue weighted by Gasteiger charge is 2.15. The molecule has 0 saturated heterocycles. The highest BCUT2D eigenvalue weighted by Crippen LogP contribution is 2.10. The summed E-state index contributed by atoms with van der Waals surface area (Å²) in [7, 11) is 0. The molecule has 3 N–H and O–H groups in total. The van der Waals surface area contributed by atoms with Gasteiger partial charge >= 0.3 is 12.1 Å². The van der Waals surface area contributed by atoms with Crippen LogP contribution in [-0.2, 0) is 17.9 Å². The van der Waals surface area contributed by atoms with Gasteiger partial charge in [-0.3, -0.25) is 4.79 Å². The fourth-order valence-electron chi connectivity index (χ4n) is 1.66. The number of alkyl halides is 3. The van der Waals surface area contributed by atoms with E-state index in [0.29, 0.717) is 25.3 Å². The van der Waals surface area contributed by atoms with Crippen molar-refractivity contribution in [1.82, 2.24) is 15.3 Å². The van der Waals surface area contributed by atoms with E-state index in [1.165, 1.54) is 12.4 Å². The van der Waals surface area contributed by atoms with Crippen molar-refractivity contribution >= 4 is 18.2 Å². The summed E-state index contributed by atoms with van der Waals surface area (Å²) in [5, 5.41) is 14.4. The van der Waals surface area contributed by atoms with Gasteiger partial charge in [0, 0.05) is 20.0 Å². The van der Waals surface area contributed by atoms with Gasteiger partial charge < -0.3 is 15.7 Å². The first-order valence-electron chi connectivity index (χ1n) is 7.30. The summed E-state index contributed by atoms with van der Waals surface area (Å²) in [5.74, 6) is -0.597. The Morgan fingerprint density at radius 2 is 1.65 bits per heavy atom. The molecule has 0 bridgehead atoms. The van der Waals surface area contributed by atoms with Crippen molar-refractivity contribution in [3.8, 4) is 0 Å². The number of halogens is 3. The Morgan fingerprint density at radius 1 is 1.12 bits per heavy atom. The van der Waals surface area contributed by atoms with Crippen LogP contribution >= 0.6 is 0 Å². The Morgan fingerprint density at radius 3 is 2.08 bits per heavy atom. The Kier molecular flexibility index (Phi) is 8.00. The predicted molar refractivity (Wildman–Crippen MR) is 87.4 cm³/mol. The van der Waals surface area contributed by atoms with E-state index in [4.69, 9.17) is 5.11 Å². The highest BCUT2D eigenvalue weighted by molar-refractivity contribution is 5.84. The lowest BCUT2D eigenvalue weighted by Gasteiger charge is -2.06. The number of amides is 1. The van der Waals surface area contributed by atoms with E-state index < -0.39 is 12.1 Å². The van der Waals surface area contributed by atoms with Crippen LogP contribution in [-0.4, -0.2) is 33.6 Å². The molecule has 2 aromatic rings. The minimum absolute atomic E-state index is 0.0902. The van der Waals surface area contributed by atoms with Crippen LogP contribution < -0.4 is 10.6 Å². The third-order valence-electron chi connectivity index (χ3n) is 2.76. The first-order valence-corrected chi connectivity index (χ1v) is 7.30. The predicted octanol–water partition coefficient (Wildman–Crippen LogP) is 2.60. The second-order valence-electron chi connectivity index (χ2n) is 5.04.